The van der Waals surface area contributed by atoms with Gasteiger partial charge in [-0.3, -0.25) is 19.1 Å². The van der Waals surface area contributed by atoms with E-state index in [9.17, 15) is 22.8 Å². The maximum Gasteiger partial charge on any atom is 0.413 e. The zero-order valence-corrected chi connectivity index (χ0v) is 17.3. The standard InChI is InChI=1S/C21H22F3N5O3/c1-20(21(22,23)24)11-28-18(31)6-17(26-8-16-14-5-13(14)10-32-16)27-19(28)29(20)9-15(30)12-3-2-4-25-7-12/h2-4,6-7,13-14,16,26H,5,8-11H2,1H3/t13-,14?,16+,20-/m0/s1. The molecule has 5 rings (SSSR count). The third-order valence-electron chi connectivity index (χ3n) is 6.65. The number of anilines is 2. The summed E-state index contributed by atoms with van der Waals surface area (Å²) < 4.78 is 49.0. The highest BCUT2D eigenvalue weighted by atomic mass is 19.4. The number of alkyl halides is 3. The second-order valence-electron chi connectivity index (χ2n) is 8.80. The van der Waals surface area contributed by atoms with Gasteiger partial charge in [0.1, 0.15) is 5.82 Å². The Kier molecular flexibility index (Phi) is 4.77. The number of fused-ring (bicyclic) bond motifs is 2. The van der Waals surface area contributed by atoms with Crippen molar-refractivity contribution in [2.24, 2.45) is 11.8 Å². The summed E-state index contributed by atoms with van der Waals surface area (Å²) in [7, 11) is 0. The molecule has 170 valence electrons. The molecule has 2 aromatic heterocycles. The lowest BCUT2D eigenvalue weighted by Gasteiger charge is -2.36. The van der Waals surface area contributed by atoms with Crippen LogP contribution in [0.5, 0.6) is 0 Å². The Morgan fingerprint density at radius 1 is 1.41 bits per heavy atom. The highest BCUT2D eigenvalue weighted by Gasteiger charge is 2.60. The summed E-state index contributed by atoms with van der Waals surface area (Å²) in [6, 6.07) is 4.21. The maximum absolute atomic E-state index is 14.1. The van der Waals surface area contributed by atoms with Crippen LogP contribution in [0.15, 0.2) is 35.4 Å². The first-order chi connectivity index (χ1) is 15.2. The van der Waals surface area contributed by atoms with Gasteiger partial charge in [0.15, 0.2) is 11.3 Å². The van der Waals surface area contributed by atoms with E-state index >= 15 is 0 Å². The van der Waals surface area contributed by atoms with Crippen molar-refractivity contribution in [1.29, 1.82) is 0 Å². The Labute approximate surface area is 181 Å². The number of carbonyl (C=O) groups is 1. The monoisotopic (exact) mass is 449 g/mol. The summed E-state index contributed by atoms with van der Waals surface area (Å²) >= 11 is 0. The molecule has 1 saturated carbocycles. The van der Waals surface area contributed by atoms with E-state index in [1.807, 2.05) is 0 Å². The summed E-state index contributed by atoms with van der Waals surface area (Å²) in [5, 5.41) is 3.03. The first-order valence-electron chi connectivity index (χ1n) is 10.4. The molecule has 2 aromatic rings. The highest BCUT2D eigenvalue weighted by Crippen LogP contribution is 2.48. The normalized spacial score (nSPS) is 28.4. The SMILES string of the molecule is C[C@@]1(C(F)(F)F)Cn2c(nc(NC[C@H]3OC[C@@H]4CC43)cc2=O)N1CC(=O)c1cccnc1. The molecule has 0 amide bonds. The van der Waals surface area contributed by atoms with Crippen LogP contribution in [-0.4, -0.2) is 57.8 Å². The van der Waals surface area contributed by atoms with Gasteiger partial charge in [-0.1, -0.05) is 0 Å². The van der Waals surface area contributed by atoms with E-state index in [1.54, 1.807) is 0 Å². The van der Waals surface area contributed by atoms with Gasteiger partial charge in [-0.05, 0) is 37.3 Å². The van der Waals surface area contributed by atoms with Gasteiger partial charge in [0, 0.05) is 30.6 Å². The lowest BCUT2D eigenvalue weighted by Crippen LogP contribution is -2.57. The van der Waals surface area contributed by atoms with E-state index in [0.29, 0.717) is 25.0 Å². The van der Waals surface area contributed by atoms with E-state index in [2.05, 4.69) is 15.3 Å². The van der Waals surface area contributed by atoms with Crippen LogP contribution in [0.3, 0.4) is 0 Å². The minimum atomic E-state index is -4.70. The predicted octanol–water partition coefficient (Wildman–Crippen LogP) is 2.11. The van der Waals surface area contributed by atoms with Gasteiger partial charge >= 0.3 is 6.18 Å². The van der Waals surface area contributed by atoms with E-state index in [0.717, 1.165) is 22.8 Å². The van der Waals surface area contributed by atoms with Gasteiger partial charge in [0.25, 0.3) is 5.56 Å². The number of ketones is 1. The highest BCUT2D eigenvalue weighted by molar-refractivity contribution is 5.99. The summed E-state index contributed by atoms with van der Waals surface area (Å²) in [5.74, 6) is 0.503. The number of hydrogen-bond donors (Lipinski definition) is 1. The number of halogens is 3. The molecule has 1 aliphatic carbocycles. The summed E-state index contributed by atoms with van der Waals surface area (Å²) in [4.78, 5) is 34.5. The molecule has 0 aromatic carbocycles. The number of nitrogens with one attached hydrogen (secondary N) is 1. The van der Waals surface area contributed by atoms with Crippen molar-refractivity contribution < 1.29 is 22.7 Å². The van der Waals surface area contributed by atoms with E-state index < -0.39 is 36.1 Å². The zero-order valence-electron chi connectivity index (χ0n) is 17.3. The summed E-state index contributed by atoms with van der Waals surface area (Å²) in [6.07, 6.45) is -0.815. The van der Waals surface area contributed by atoms with Crippen molar-refractivity contribution in [1.82, 2.24) is 14.5 Å². The zero-order chi connectivity index (χ0) is 22.7. The van der Waals surface area contributed by atoms with Crippen LogP contribution in [0.1, 0.15) is 23.7 Å². The molecule has 11 heteroatoms. The molecule has 3 aliphatic rings. The molecule has 0 radical (unpaired) electrons. The molecule has 0 bridgehead atoms. The van der Waals surface area contributed by atoms with Gasteiger partial charge in [0.05, 0.1) is 25.8 Å². The van der Waals surface area contributed by atoms with Gasteiger partial charge < -0.3 is 15.0 Å². The van der Waals surface area contributed by atoms with Crippen LogP contribution in [0.25, 0.3) is 0 Å². The Morgan fingerprint density at radius 2 is 2.22 bits per heavy atom. The number of hydrogen-bond acceptors (Lipinski definition) is 7. The van der Waals surface area contributed by atoms with Gasteiger partial charge in [-0.15, -0.1) is 0 Å². The molecule has 1 N–H and O–H groups in total. The van der Waals surface area contributed by atoms with Crippen molar-refractivity contribution in [3.63, 3.8) is 0 Å². The van der Waals surface area contributed by atoms with Gasteiger partial charge in [0.2, 0.25) is 5.95 Å². The Balaban J connectivity index is 1.45. The molecule has 8 nitrogen and oxygen atoms in total. The quantitative estimate of drug-likeness (QED) is 0.676. The molecule has 2 aliphatic heterocycles. The van der Waals surface area contributed by atoms with Gasteiger partial charge in [-0.2, -0.15) is 18.2 Å². The lowest BCUT2D eigenvalue weighted by atomic mass is 10.00. The summed E-state index contributed by atoms with van der Waals surface area (Å²) in [6.45, 7) is 0.874. The van der Waals surface area contributed by atoms with Crippen LogP contribution in [-0.2, 0) is 11.3 Å². The van der Waals surface area contributed by atoms with E-state index in [1.165, 1.54) is 30.6 Å². The van der Waals surface area contributed by atoms with Crippen LogP contribution in [0, 0.1) is 11.8 Å². The molecule has 0 spiro atoms. The van der Waals surface area contributed by atoms with Crippen molar-refractivity contribution in [2.75, 3.05) is 29.9 Å². The van der Waals surface area contributed by atoms with Crippen LogP contribution >= 0.6 is 0 Å². The first kappa shape index (κ1) is 20.9. The predicted molar refractivity (Wildman–Crippen MR) is 109 cm³/mol. The second-order valence-corrected chi connectivity index (χ2v) is 8.80. The third kappa shape index (κ3) is 3.44. The van der Waals surface area contributed by atoms with E-state index in [4.69, 9.17) is 4.74 Å². The molecule has 2 fully saturated rings. The fourth-order valence-corrected chi connectivity index (χ4v) is 4.51. The second kappa shape index (κ2) is 7.29. The molecule has 4 atom stereocenters. The molecule has 4 heterocycles. The van der Waals surface area contributed by atoms with E-state index in [-0.39, 0.29) is 23.4 Å². The van der Waals surface area contributed by atoms with Crippen molar-refractivity contribution in [2.45, 2.75) is 37.7 Å². The number of pyridine rings is 1. The summed E-state index contributed by atoms with van der Waals surface area (Å²) in [5.41, 5.74) is -2.89. The Morgan fingerprint density at radius 3 is 2.84 bits per heavy atom. The Hall–Kier alpha value is -2.95. The minimum absolute atomic E-state index is 0.00140. The fourth-order valence-electron chi connectivity index (χ4n) is 4.51. The van der Waals surface area contributed by atoms with Crippen molar-refractivity contribution in [3.05, 3.63) is 46.5 Å². The third-order valence-corrected chi connectivity index (χ3v) is 6.65. The molecular weight excluding hydrogens is 427 g/mol. The van der Waals surface area contributed by atoms with Crippen LogP contribution in [0.2, 0.25) is 0 Å². The molecule has 32 heavy (non-hydrogen) atoms. The number of carbonyl (C=O) groups excluding carboxylic acids is 1. The number of ether oxygens (including phenoxy) is 1. The largest absolute Gasteiger partial charge is 0.413 e. The fraction of sp³-hybridized carbons (Fsp3) is 0.524. The minimum Gasteiger partial charge on any atom is -0.376 e. The lowest BCUT2D eigenvalue weighted by molar-refractivity contribution is -0.181. The first-order valence-corrected chi connectivity index (χ1v) is 10.4. The van der Waals surface area contributed by atoms with Crippen molar-refractivity contribution >= 4 is 17.5 Å². The van der Waals surface area contributed by atoms with Crippen LogP contribution in [0.4, 0.5) is 24.9 Å². The average molecular weight is 449 g/mol. The van der Waals surface area contributed by atoms with Gasteiger partial charge in [-0.25, -0.2) is 0 Å². The average Bonchev–Trinajstić information content (AvgIpc) is 3.33. The number of rotatable bonds is 6. The molecular formula is C21H22F3N5O3. The number of aromatic nitrogens is 3. The maximum atomic E-state index is 14.1. The smallest absolute Gasteiger partial charge is 0.376 e. The number of Topliss-reactive ketones (excluding diaryl/α,β-unsaturated/α-hetero) is 1. The Bertz CT molecular complexity index is 1110. The molecule has 1 unspecified atom stereocenters. The number of nitrogens with zero attached hydrogens (tertiary/aromatic N) is 4. The van der Waals surface area contributed by atoms with Crippen LogP contribution < -0.4 is 15.8 Å². The topological polar surface area (TPSA) is 89.4 Å². The molecule has 1 saturated heterocycles. The van der Waals surface area contributed by atoms with Crippen molar-refractivity contribution in [3.8, 4) is 0 Å².